The lowest BCUT2D eigenvalue weighted by molar-refractivity contribution is -0.140. The highest BCUT2D eigenvalue weighted by atomic mass is 16.5. The van der Waals surface area contributed by atoms with Gasteiger partial charge in [-0.1, -0.05) is 31.0 Å². The Morgan fingerprint density at radius 1 is 1.23 bits per heavy atom. The summed E-state index contributed by atoms with van der Waals surface area (Å²) in [7, 11) is 1.43. The number of hydrogen-bond acceptors (Lipinski definition) is 4. The van der Waals surface area contributed by atoms with Crippen molar-refractivity contribution in [3.8, 4) is 5.75 Å². The molecule has 0 spiro atoms. The summed E-state index contributed by atoms with van der Waals surface area (Å²) in [4.78, 5) is 15.7. The molecule has 6 heteroatoms. The van der Waals surface area contributed by atoms with Crippen molar-refractivity contribution in [2.45, 2.75) is 51.6 Å². The smallest absolute Gasteiger partial charge is 0.305 e. The topological polar surface area (TPSA) is 72.0 Å². The van der Waals surface area contributed by atoms with Crippen LogP contribution >= 0.6 is 0 Å². The molecule has 0 saturated heterocycles. The Morgan fingerprint density at radius 3 is 2.81 bits per heavy atom. The standard InChI is InChI=1S/C20H31N3O3/c1-3-21-20(22-13-9-5-4-6-12-19(24)25-2)23-15-17-14-16-10-7-8-11-18(16)26-17/h7-8,10-11,17H,3-6,9,12-15H2,1-2H3,(H2,21,22,23). The molecule has 1 atom stereocenters. The van der Waals surface area contributed by atoms with E-state index in [2.05, 4.69) is 33.4 Å². The summed E-state index contributed by atoms with van der Waals surface area (Å²) in [5, 5.41) is 6.64. The second kappa shape index (κ2) is 11.4. The first-order valence-corrected chi connectivity index (χ1v) is 9.56. The third-order valence-corrected chi connectivity index (χ3v) is 4.34. The van der Waals surface area contributed by atoms with Crippen molar-refractivity contribution < 1.29 is 14.3 Å². The maximum Gasteiger partial charge on any atom is 0.305 e. The molecule has 2 rings (SSSR count). The number of aliphatic imine (C=N–C) groups is 1. The maximum atomic E-state index is 11.0. The summed E-state index contributed by atoms with van der Waals surface area (Å²) in [5.41, 5.74) is 1.26. The Bertz CT molecular complexity index is 564. The zero-order chi connectivity index (χ0) is 18.6. The van der Waals surface area contributed by atoms with Gasteiger partial charge in [-0.25, -0.2) is 4.99 Å². The first-order valence-electron chi connectivity index (χ1n) is 9.56. The number of nitrogens with one attached hydrogen (secondary N) is 2. The Morgan fingerprint density at radius 2 is 2.04 bits per heavy atom. The summed E-state index contributed by atoms with van der Waals surface area (Å²) in [6, 6.07) is 8.18. The molecule has 2 N–H and O–H groups in total. The molecule has 1 aliphatic heterocycles. The number of nitrogens with zero attached hydrogens (tertiary/aromatic N) is 1. The van der Waals surface area contributed by atoms with Gasteiger partial charge in [0.1, 0.15) is 11.9 Å². The van der Waals surface area contributed by atoms with Crippen LogP contribution in [0.25, 0.3) is 0 Å². The van der Waals surface area contributed by atoms with Gasteiger partial charge < -0.3 is 20.1 Å². The third kappa shape index (κ3) is 6.94. The summed E-state index contributed by atoms with van der Waals surface area (Å²) >= 11 is 0. The summed E-state index contributed by atoms with van der Waals surface area (Å²) < 4.78 is 10.6. The van der Waals surface area contributed by atoms with E-state index in [1.165, 1.54) is 12.7 Å². The van der Waals surface area contributed by atoms with Crippen LogP contribution in [0, 0.1) is 0 Å². The fraction of sp³-hybridized carbons (Fsp3) is 0.600. The van der Waals surface area contributed by atoms with Crippen LogP contribution in [0.2, 0.25) is 0 Å². The van der Waals surface area contributed by atoms with Crippen LogP contribution < -0.4 is 15.4 Å². The van der Waals surface area contributed by atoms with Crippen molar-refractivity contribution in [1.29, 1.82) is 0 Å². The summed E-state index contributed by atoms with van der Waals surface area (Å²) in [6.07, 6.45) is 5.61. The van der Waals surface area contributed by atoms with Gasteiger partial charge in [-0.15, -0.1) is 0 Å². The molecule has 0 fully saturated rings. The first kappa shape index (κ1) is 20.1. The summed E-state index contributed by atoms with van der Waals surface area (Å²) in [5.74, 6) is 1.69. The van der Waals surface area contributed by atoms with Crippen molar-refractivity contribution in [1.82, 2.24) is 10.6 Å². The lowest BCUT2D eigenvalue weighted by Crippen LogP contribution is -2.38. The van der Waals surface area contributed by atoms with Gasteiger partial charge in [0, 0.05) is 25.9 Å². The van der Waals surface area contributed by atoms with Crippen molar-refractivity contribution in [3.05, 3.63) is 29.8 Å². The molecule has 0 amide bonds. The molecule has 0 bridgehead atoms. The van der Waals surface area contributed by atoms with Gasteiger partial charge in [0.05, 0.1) is 13.7 Å². The van der Waals surface area contributed by atoms with Crippen LogP contribution in [0.5, 0.6) is 5.75 Å². The second-order valence-corrected chi connectivity index (χ2v) is 6.44. The molecule has 0 aromatic heterocycles. The lowest BCUT2D eigenvalue weighted by Gasteiger charge is -2.13. The highest BCUT2D eigenvalue weighted by Gasteiger charge is 2.21. The van der Waals surface area contributed by atoms with E-state index in [-0.39, 0.29) is 12.1 Å². The Hall–Kier alpha value is -2.24. The third-order valence-electron chi connectivity index (χ3n) is 4.34. The van der Waals surface area contributed by atoms with E-state index in [9.17, 15) is 4.79 Å². The minimum atomic E-state index is -0.124. The van der Waals surface area contributed by atoms with Gasteiger partial charge in [0.25, 0.3) is 0 Å². The molecule has 0 radical (unpaired) electrons. The van der Waals surface area contributed by atoms with E-state index >= 15 is 0 Å². The van der Waals surface area contributed by atoms with E-state index < -0.39 is 0 Å². The molecule has 6 nitrogen and oxygen atoms in total. The SMILES string of the molecule is CCNC(=NCC1Cc2ccccc2O1)NCCCCCCC(=O)OC. The van der Waals surface area contributed by atoms with E-state index in [0.29, 0.717) is 13.0 Å². The first-order chi connectivity index (χ1) is 12.7. The maximum absolute atomic E-state index is 11.0. The molecule has 0 aliphatic carbocycles. The van der Waals surface area contributed by atoms with Crippen molar-refractivity contribution in [3.63, 3.8) is 0 Å². The largest absolute Gasteiger partial charge is 0.488 e. The number of unbranched alkanes of at least 4 members (excludes halogenated alkanes) is 3. The molecule has 1 aromatic carbocycles. The number of rotatable bonds is 10. The number of carbonyl (C=O) groups excluding carboxylic acids is 1. The second-order valence-electron chi connectivity index (χ2n) is 6.44. The number of benzene rings is 1. The molecule has 1 heterocycles. The fourth-order valence-corrected chi connectivity index (χ4v) is 2.95. The minimum Gasteiger partial charge on any atom is -0.488 e. The highest BCUT2D eigenvalue weighted by Crippen LogP contribution is 2.28. The molecule has 1 unspecified atom stereocenters. The number of carbonyl (C=O) groups is 1. The number of guanidine groups is 1. The average molecular weight is 361 g/mol. The van der Waals surface area contributed by atoms with E-state index in [0.717, 1.165) is 56.9 Å². The van der Waals surface area contributed by atoms with Crippen LogP contribution in [0.15, 0.2) is 29.3 Å². The Balaban J connectivity index is 1.63. The molecule has 1 aromatic rings. The van der Waals surface area contributed by atoms with Crippen LogP contribution in [0.3, 0.4) is 0 Å². The monoisotopic (exact) mass is 361 g/mol. The zero-order valence-corrected chi connectivity index (χ0v) is 15.9. The minimum absolute atomic E-state index is 0.112. The summed E-state index contributed by atoms with van der Waals surface area (Å²) in [6.45, 7) is 4.40. The zero-order valence-electron chi connectivity index (χ0n) is 15.9. The predicted molar refractivity (Wildman–Crippen MR) is 104 cm³/mol. The van der Waals surface area contributed by atoms with E-state index in [4.69, 9.17) is 4.74 Å². The molecule has 1 aliphatic rings. The van der Waals surface area contributed by atoms with Gasteiger partial charge in [-0.05, 0) is 31.4 Å². The predicted octanol–water partition coefficient (Wildman–Crippen LogP) is 2.67. The van der Waals surface area contributed by atoms with Gasteiger partial charge >= 0.3 is 5.97 Å². The number of esters is 1. The number of methoxy groups -OCH3 is 1. The Labute approximate surface area is 156 Å². The van der Waals surface area contributed by atoms with Gasteiger partial charge in [0.15, 0.2) is 5.96 Å². The van der Waals surface area contributed by atoms with Crippen molar-refractivity contribution >= 4 is 11.9 Å². The molecule has 0 saturated carbocycles. The van der Waals surface area contributed by atoms with Gasteiger partial charge in [-0.2, -0.15) is 0 Å². The van der Waals surface area contributed by atoms with Crippen LogP contribution in [-0.4, -0.2) is 44.8 Å². The number of ether oxygens (including phenoxy) is 2. The quantitative estimate of drug-likeness (QED) is 0.290. The number of hydrogen-bond donors (Lipinski definition) is 2. The molecule has 144 valence electrons. The van der Waals surface area contributed by atoms with Crippen LogP contribution in [0.4, 0.5) is 0 Å². The molecular weight excluding hydrogens is 330 g/mol. The van der Waals surface area contributed by atoms with Crippen molar-refractivity contribution in [2.24, 2.45) is 4.99 Å². The molecule has 26 heavy (non-hydrogen) atoms. The number of para-hydroxylation sites is 1. The highest BCUT2D eigenvalue weighted by molar-refractivity contribution is 5.79. The van der Waals surface area contributed by atoms with E-state index in [1.807, 2.05) is 18.2 Å². The normalized spacial score (nSPS) is 15.9. The van der Waals surface area contributed by atoms with Gasteiger partial charge in [-0.3, -0.25) is 4.79 Å². The average Bonchev–Trinajstić information content (AvgIpc) is 3.07. The van der Waals surface area contributed by atoms with Crippen LogP contribution in [-0.2, 0) is 16.0 Å². The number of fused-ring (bicyclic) bond motifs is 1. The molecular formula is C20H31N3O3. The van der Waals surface area contributed by atoms with Gasteiger partial charge in [0.2, 0.25) is 0 Å². The Kier molecular flexibility index (Phi) is 8.79. The van der Waals surface area contributed by atoms with E-state index in [1.54, 1.807) is 0 Å². The fourth-order valence-electron chi connectivity index (χ4n) is 2.95. The van der Waals surface area contributed by atoms with Crippen molar-refractivity contribution in [2.75, 3.05) is 26.7 Å². The lowest BCUT2D eigenvalue weighted by atomic mass is 10.1. The van der Waals surface area contributed by atoms with Crippen LogP contribution in [0.1, 0.15) is 44.6 Å².